The molecule has 1 aliphatic carbocycles. The van der Waals surface area contributed by atoms with Gasteiger partial charge in [-0.05, 0) is 37.0 Å². The number of rotatable bonds is 1. The van der Waals surface area contributed by atoms with Gasteiger partial charge in [-0.3, -0.25) is 0 Å². The molecule has 2 rings (SSSR count). The Hall–Kier alpha value is -0.0800. The Morgan fingerprint density at radius 1 is 1.43 bits per heavy atom. The van der Waals surface area contributed by atoms with E-state index in [1.807, 2.05) is 0 Å². The number of hydrogen-bond acceptors (Lipinski definition) is 2. The van der Waals surface area contributed by atoms with Crippen LogP contribution in [0.15, 0.2) is 0 Å². The highest BCUT2D eigenvalue weighted by atomic mass is 16.5. The van der Waals surface area contributed by atoms with Gasteiger partial charge in [0, 0.05) is 6.54 Å². The fourth-order valence-corrected chi connectivity index (χ4v) is 3.58. The van der Waals surface area contributed by atoms with Crippen LogP contribution in [-0.2, 0) is 4.74 Å². The molecule has 0 amide bonds. The highest BCUT2D eigenvalue weighted by Gasteiger charge is 2.52. The van der Waals surface area contributed by atoms with Crippen LogP contribution in [0.1, 0.15) is 46.5 Å². The Morgan fingerprint density at radius 2 is 2.14 bits per heavy atom. The van der Waals surface area contributed by atoms with Gasteiger partial charge < -0.3 is 10.5 Å². The van der Waals surface area contributed by atoms with E-state index in [1.54, 1.807) is 0 Å². The standard InChI is InChI=1S/C12H23NO/c1-9-6-11(2,3)8-12(9)5-4-10(7-13)14-12/h9-10H,4-8,13H2,1-3H3/t9-,10+,12+/m1/s1. The van der Waals surface area contributed by atoms with E-state index in [9.17, 15) is 0 Å². The minimum atomic E-state index is 0.174. The molecular weight excluding hydrogens is 174 g/mol. The largest absolute Gasteiger partial charge is 0.370 e. The molecule has 82 valence electrons. The maximum Gasteiger partial charge on any atom is 0.0718 e. The van der Waals surface area contributed by atoms with Crippen molar-refractivity contribution in [2.24, 2.45) is 17.1 Å². The molecular formula is C12H23NO. The molecule has 1 saturated heterocycles. The van der Waals surface area contributed by atoms with Gasteiger partial charge in [0.05, 0.1) is 11.7 Å². The topological polar surface area (TPSA) is 35.2 Å². The summed E-state index contributed by atoms with van der Waals surface area (Å²) in [6, 6.07) is 0. The SMILES string of the molecule is C[C@@H]1CC(C)(C)C[C@@]12CC[C@@H](CN)O2. The van der Waals surface area contributed by atoms with E-state index >= 15 is 0 Å². The van der Waals surface area contributed by atoms with Crippen molar-refractivity contribution in [2.75, 3.05) is 6.54 Å². The molecule has 2 nitrogen and oxygen atoms in total. The normalized spacial score (nSPS) is 46.3. The first-order valence-corrected chi connectivity index (χ1v) is 5.85. The van der Waals surface area contributed by atoms with E-state index in [0.717, 1.165) is 6.42 Å². The van der Waals surface area contributed by atoms with Gasteiger partial charge in [0.2, 0.25) is 0 Å². The second-order valence-corrected chi connectivity index (χ2v) is 6.03. The Labute approximate surface area is 87.2 Å². The first-order chi connectivity index (χ1) is 6.47. The van der Waals surface area contributed by atoms with Crippen molar-refractivity contribution in [3.63, 3.8) is 0 Å². The summed E-state index contributed by atoms with van der Waals surface area (Å²) in [6.45, 7) is 7.75. The molecule has 1 saturated carbocycles. The predicted molar refractivity (Wildman–Crippen MR) is 58.1 cm³/mol. The van der Waals surface area contributed by atoms with Crippen LogP contribution >= 0.6 is 0 Å². The van der Waals surface area contributed by atoms with Crippen LogP contribution in [0.3, 0.4) is 0 Å². The fourth-order valence-electron chi connectivity index (χ4n) is 3.58. The van der Waals surface area contributed by atoms with E-state index < -0.39 is 0 Å². The summed E-state index contributed by atoms with van der Waals surface area (Å²) in [6.07, 6.45) is 5.23. The summed E-state index contributed by atoms with van der Waals surface area (Å²) in [4.78, 5) is 0. The van der Waals surface area contributed by atoms with Crippen molar-refractivity contribution in [3.05, 3.63) is 0 Å². The van der Waals surface area contributed by atoms with Gasteiger partial charge in [-0.25, -0.2) is 0 Å². The monoisotopic (exact) mass is 197 g/mol. The molecule has 0 bridgehead atoms. The Kier molecular flexibility index (Phi) is 2.39. The Bertz CT molecular complexity index is 226. The summed E-state index contributed by atoms with van der Waals surface area (Å²) in [5, 5.41) is 0. The van der Waals surface area contributed by atoms with Crippen LogP contribution < -0.4 is 5.73 Å². The predicted octanol–water partition coefficient (Wildman–Crippen LogP) is 2.32. The number of nitrogens with two attached hydrogens (primary N) is 1. The first kappa shape index (κ1) is 10.4. The molecule has 2 aliphatic rings. The van der Waals surface area contributed by atoms with E-state index in [2.05, 4.69) is 20.8 Å². The maximum absolute atomic E-state index is 6.18. The number of hydrogen-bond donors (Lipinski definition) is 1. The van der Waals surface area contributed by atoms with Crippen LogP contribution in [0.4, 0.5) is 0 Å². The molecule has 3 atom stereocenters. The molecule has 2 N–H and O–H groups in total. The average Bonchev–Trinajstić information content (AvgIpc) is 2.56. The zero-order valence-corrected chi connectivity index (χ0v) is 9.68. The van der Waals surface area contributed by atoms with Gasteiger partial charge >= 0.3 is 0 Å². The molecule has 1 spiro atoms. The lowest BCUT2D eigenvalue weighted by molar-refractivity contribution is -0.0615. The van der Waals surface area contributed by atoms with E-state index in [1.165, 1.54) is 19.3 Å². The summed E-state index contributed by atoms with van der Waals surface area (Å²) in [5.74, 6) is 0.703. The summed E-state index contributed by atoms with van der Waals surface area (Å²) in [7, 11) is 0. The third kappa shape index (κ3) is 1.59. The summed E-state index contributed by atoms with van der Waals surface area (Å²) >= 11 is 0. The van der Waals surface area contributed by atoms with Crippen LogP contribution in [0.25, 0.3) is 0 Å². The zero-order chi connectivity index (χ0) is 10.4. The molecule has 0 unspecified atom stereocenters. The Balaban J connectivity index is 2.11. The molecule has 2 heteroatoms. The van der Waals surface area contributed by atoms with E-state index in [0.29, 0.717) is 24.0 Å². The molecule has 0 aromatic heterocycles. The Morgan fingerprint density at radius 3 is 2.57 bits per heavy atom. The fraction of sp³-hybridized carbons (Fsp3) is 1.00. The lowest BCUT2D eigenvalue weighted by Crippen LogP contribution is -2.34. The molecule has 0 aromatic carbocycles. The lowest BCUT2D eigenvalue weighted by Gasteiger charge is -2.29. The molecule has 0 radical (unpaired) electrons. The highest BCUT2D eigenvalue weighted by Crippen LogP contribution is 2.54. The van der Waals surface area contributed by atoms with Crippen molar-refractivity contribution < 1.29 is 4.74 Å². The minimum absolute atomic E-state index is 0.174. The van der Waals surface area contributed by atoms with Crippen molar-refractivity contribution >= 4 is 0 Å². The first-order valence-electron chi connectivity index (χ1n) is 5.85. The zero-order valence-electron chi connectivity index (χ0n) is 9.68. The third-order valence-electron chi connectivity index (χ3n) is 4.09. The van der Waals surface area contributed by atoms with Crippen molar-refractivity contribution in [2.45, 2.75) is 58.2 Å². The molecule has 14 heavy (non-hydrogen) atoms. The second-order valence-electron chi connectivity index (χ2n) is 6.03. The lowest BCUT2D eigenvalue weighted by atomic mass is 9.87. The number of ether oxygens (including phenoxy) is 1. The van der Waals surface area contributed by atoms with Gasteiger partial charge in [-0.2, -0.15) is 0 Å². The molecule has 1 heterocycles. The van der Waals surface area contributed by atoms with Crippen molar-refractivity contribution in [3.8, 4) is 0 Å². The smallest absolute Gasteiger partial charge is 0.0718 e. The summed E-state index contributed by atoms with van der Waals surface area (Å²) in [5.41, 5.74) is 6.31. The molecule has 0 aromatic rings. The van der Waals surface area contributed by atoms with Gasteiger partial charge in [0.15, 0.2) is 0 Å². The molecule has 2 fully saturated rings. The van der Waals surface area contributed by atoms with Crippen LogP contribution in [0, 0.1) is 11.3 Å². The minimum Gasteiger partial charge on any atom is -0.370 e. The highest BCUT2D eigenvalue weighted by molar-refractivity contribution is 5.03. The quantitative estimate of drug-likeness (QED) is 0.700. The summed E-state index contributed by atoms with van der Waals surface area (Å²) < 4.78 is 6.18. The van der Waals surface area contributed by atoms with Gasteiger partial charge in [0.1, 0.15) is 0 Å². The van der Waals surface area contributed by atoms with Gasteiger partial charge in [-0.15, -0.1) is 0 Å². The van der Waals surface area contributed by atoms with Gasteiger partial charge in [0.25, 0.3) is 0 Å². The van der Waals surface area contributed by atoms with Crippen molar-refractivity contribution in [1.82, 2.24) is 0 Å². The van der Waals surface area contributed by atoms with Crippen molar-refractivity contribution in [1.29, 1.82) is 0 Å². The maximum atomic E-state index is 6.18. The van der Waals surface area contributed by atoms with Gasteiger partial charge in [-0.1, -0.05) is 20.8 Å². The van der Waals surface area contributed by atoms with E-state index in [4.69, 9.17) is 10.5 Å². The van der Waals surface area contributed by atoms with Crippen LogP contribution in [0.2, 0.25) is 0 Å². The van der Waals surface area contributed by atoms with Crippen LogP contribution in [0.5, 0.6) is 0 Å². The second kappa shape index (κ2) is 3.21. The van der Waals surface area contributed by atoms with E-state index in [-0.39, 0.29) is 5.60 Å². The average molecular weight is 197 g/mol. The molecule has 1 aliphatic heterocycles. The van der Waals surface area contributed by atoms with Crippen LogP contribution in [-0.4, -0.2) is 18.2 Å². The third-order valence-corrected chi connectivity index (χ3v) is 4.09.